The Bertz CT molecular complexity index is 326. The van der Waals surface area contributed by atoms with E-state index in [1.165, 1.54) is 51.4 Å². The smallest absolute Gasteiger partial charge is 0.166 e. The third-order valence-corrected chi connectivity index (χ3v) is 5.96. The lowest BCUT2D eigenvalue weighted by molar-refractivity contribution is -0.0491. The number of rotatable bonds is 3. The third kappa shape index (κ3) is 2.15. The van der Waals surface area contributed by atoms with Crippen LogP contribution in [0.25, 0.3) is 0 Å². The van der Waals surface area contributed by atoms with Gasteiger partial charge in [-0.15, -0.1) is 0 Å². The topological polar surface area (TPSA) is 24.1 Å². The van der Waals surface area contributed by atoms with E-state index in [0.717, 1.165) is 29.4 Å². The van der Waals surface area contributed by atoms with E-state index in [4.69, 9.17) is 12.2 Å². The lowest BCUT2D eigenvalue weighted by atomic mass is 9.49. The molecule has 0 amide bonds. The summed E-state index contributed by atoms with van der Waals surface area (Å²) >= 11 is 5.40. The molecule has 5 aliphatic carbocycles. The van der Waals surface area contributed by atoms with Crippen molar-refractivity contribution in [2.45, 2.75) is 57.4 Å². The van der Waals surface area contributed by atoms with Crippen molar-refractivity contribution in [3.05, 3.63) is 0 Å². The zero-order valence-corrected chi connectivity index (χ0v) is 11.9. The van der Waals surface area contributed by atoms with E-state index in [-0.39, 0.29) is 0 Å². The minimum Gasteiger partial charge on any atom is -0.362 e. The van der Waals surface area contributed by atoms with Crippen LogP contribution in [0.3, 0.4) is 0 Å². The average Bonchev–Trinajstić information content (AvgIpc) is 3.09. The van der Waals surface area contributed by atoms with Gasteiger partial charge >= 0.3 is 0 Å². The van der Waals surface area contributed by atoms with E-state index in [1.807, 2.05) is 0 Å². The van der Waals surface area contributed by atoms with Crippen LogP contribution in [0.15, 0.2) is 0 Å². The molecule has 0 atom stereocenters. The van der Waals surface area contributed by atoms with Gasteiger partial charge in [-0.2, -0.15) is 0 Å². The molecule has 0 aliphatic heterocycles. The van der Waals surface area contributed by atoms with Gasteiger partial charge in [-0.1, -0.05) is 0 Å². The first-order chi connectivity index (χ1) is 8.71. The Labute approximate surface area is 115 Å². The van der Waals surface area contributed by atoms with Gasteiger partial charge in [0.25, 0.3) is 0 Å². The molecule has 5 rings (SSSR count). The van der Waals surface area contributed by atoms with Crippen molar-refractivity contribution in [2.75, 3.05) is 6.54 Å². The highest BCUT2D eigenvalue weighted by Crippen LogP contribution is 2.59. The van der Waals surface area contributed by atoms with Crippen LogP contribution in [0.5, 0.6) is 0 Å². The standard InChI is InChI=1S/C15H24N2S/c18-14(17-13-1-2-13)16-9-15-6-10-3-11(7-15)5-12(4-10)8-15/h10-13H,1-9H2,(H2,16,17,18). The van der Waals surface area contributed by atoms with Gasteiger partial charge in [-0.25, -0.2) is 0 Å². The molecule has 0 aromatic heterocycles. The summed E-state index contributed by atoms with van der Waals surface area (Å²) in [5, 5.41) is 7.85. The van der Waals surface area contributed by atoms with E-state index in [0.29, 0.717) is 11.5 Å². The predicted molar refractivity (Wildman–Crippen MR) is 77.4 cm³/mol. The summed E-state index contributed by atoms with van der Waals surface area (Å²) in [7, 11) is 0. The molecule has 0 aromatic carbocycles. The molecule has 0 radical (unpaired) electrons. The van der Waals surface area contributed by atoms with E-state index < -0.39 is 0 Å². The van der Waals surface area contributed by atoms with Crippen molar-refractivity contribution in [3.63, 3.8) is 0 Å². The summed E-state index contributed by atoms with van der Waals surface area (Å²) in [5.74, 6) is 3.13. The maximum atomic E-state index is 5.40. The summed E-state index contributed by atoms with van der Waals surface area (Å²) < 4.78 is 0. The van der Waals surface area contributed by atoms with Crippen LogP contribution in [0.2, 0.25) is 0 Å². The Morgan fingerprint density at radius 3 is 2.06 bits per heavy atom. The van der Waals surface area contributed by atoms with Crippen LogP contribution in [-0.2, 0) is 0 Å². The molecule has 0 unspecified atom stereocenters. The monoisotopic (exact) mass is 264 g/mol. The quantitative estimate of drug-likeness (QED) is 0.767. The molecule has 0 heterocycles. The molecule has 100 valence electrons. The Balaban J connectivity index is 1.36. The highest BCUT2D eigenvalue weighted by molar-refractivity contribution is 7.80. The molecular weight excluding hydrogens is 240 g/mol. The molecule has 4 bridgehead atoms. The lowest BCUT2D eigenvalue weighted by Gasteiger charge is -2.57. The molecule has 0 saturated heterocycles. The van der Waals surface area contributed by atoms with Gasteiger partial charge in [-0.05, 0) is 86.8 Å². The van der Waals surface area contributed by atoms with Gasteiger partial charge < -0.3 is 10.6 Å². The predicted octanol–water partition coefficient (Wildman–Crippen LogP) is 2.83. The summed E-state index contributed by atoms with van der Waals surface area (Å²) in [5.41, 5.74) is 0.601. The van der Waals surface area contributed by atoms with Crippen molar-refractivity contribution in [1.29, 1.82) is 0 Å². The Kier molecular flexibility index (Phi) is 2.62. The summed E-state index contributed by atoms with van der Waals surface area (Å²) in [4.78, 5) is 0. The SMILES string of the molecule is S=C(NCC12CC3CC(CC(C3)C1)C2)NC1CC1. The Morgan fingerprint density at radius 2 is 1.56 bits per heavy atom. The number of hydrogen-bond acceptors (Lipinski definition) is 1. The second-order valence-electron chi connectivity index (χ2n) is 7.52. The molecule has 5 fully saturated rings. The number of nitrogens with one attached hydrogen (secondary N) is 2. The van der Waals surface area contributed by atoms with Gasteiger partial charge in [0, 0.05) is 12.6 Å². The molecule has 5 aliphatic rings. The van der Waals surface area contributed by atoms with Crippen LogP contribution in [0.4, 0.5) is 0 Å². The van der Waals surface area contributed by atoms with E-state index >= 15 is 0 Å². The van der Waals surface area contributed by atoms with Gasteiger partial charge in [0.15, 0.2) is 5.11 Å². The van der Waals surface area contributed by atoms with Crippen molar-refractivity contribution < 1.29 is 0 Å². The molecule has 0 aromatic rings. The fourth-order valence-electron chi connectivity index (χ4n) is 5.24. The molecule has 5 saturated carbocycles. The molecule has 3 heteroatoms. The molecular formula is C15H24N2S. The first-order valence-corrected chi connectivity index (χ1v) is 8.16. The number of thiocarbonyl (C=S) groups is 1. The van der Waals surface area contributed by atoms with Crippen LogP contribution < -0.4 is 10.6 Å². The van der Waals surface area contributed by atoms with E-state index in [2.05, 4.69) is 10.6 Å². The molecule has 18 heavy (non-hydrogen) atoms. The molecule has 0 spiro atoms. The fraction of sp³-hybridized carbons (Fsp3) is 0.933. The maximum absolute atomic E-state index is 5.40. The fourth-order valence-corrected chi connectivity index (χ4v) is 5.48. The van der Waals surface area contributed by atoms with Gasteiger partial charge in [0.1, 0.15) is 0 Å². The Morgan fingerprint density at radius 1 is 1.00 bits per heavy atom. The van der Waals surface area contributed by atoms with Gasteiger partial charge in [0.05, 0.1) is 0 Å². The van der Waals surface area contributed by atoms with Crippen LogP contribution in [0.1, 0.15) is 51.4 Å². The highest BCUT2D eigenvalue weighted by atomic mass is 32.1. The van der Waals surface area contributed by atoms with E-state index in [1.54, 1.807) is 0 Å². The van der Waals surface area contributed by atoms with Crippen molar-refractivity contribution in [3.8, 4) is 0 Å². The lowest BCUT2D eigenvalue weighted by Crippen LogP contribution is -2.52. The average molecular weight is 264 g/mol. The van der Waals surface area contributed by atoms with Crippen molar-refractivity contribution in [2.24, 2.45) is 23.2 Å². The normalized spacial score (nSPS) is 45.0. The summed E-state index contributed by atoms with van der Waals surface area (Å²) in [6.45, 7) is 1.13. The summed E-state index contributed by atoms with van der Waals surface area (Å²) in [6.07, 6.45) is 11.6. The first kappa shape index (κ1) is 11.5. The third-order valence-electron chi connectivity index (χ3n) is 5.70. The molecule has 2 N–H and O–H groups in total. The first-order valence-electron chi connectivity index (χ1n) is 7.75. The second kappa shape index (κ2) is 4.09. The van der Waals surface area contributed by atoms with Crippen molar-refractivity contribution in [1.82, 2.24) is 10.6 Å². The van der Waals surface area contributed by atoms with Gasteiger partial charge in [0.2, 0.25) is 0 Å². The van der Waals surface area contributed by atoms with E-state index in [9.17, 15) is 0 Å². The van der Waals surface area contributed by atoms with Crippen LogP contribution in [-0.4, -0.2) is 17.7 Å². The molecule has 2 nitrogen and oxygen atoms in total. The van der Waals surface area contributed by atoms with Gasteiger partial charge in [-0.3, -0.25) is 0 Å². The Hall–Kier alpha value is -0.310. The maximum Gasteiger partial charge on any atom is 0.166 e. The second-order valence-corrected chi connectivity index (χ2v) is 7.93. The largest absolute Gasteiger partial charge is 0.362 e. The van der Waals surface area contributed by atoms with Crippen molar-refractivity contribution >= 4 is 17.3 Å². The zero-order chi connectivity index (χ0) is 12.2. The summed E-state index contributed by atoms with van der Waals surface area (Å²) in [6, 6.07) is 0.682. The highest BCUT2D eigenvalue weighted by Gasteiger charge is 2.50. The zero-order valence-electron chi connectivity index (χ0n) is 11.1. The number of hydrogen-bond donors (Lipinski definition) is 2. The van der Waals surface area contributed by atoms with Crippen LogP contribution in [0, 0.1) is 23.2 Å². The van der Waals surface area contributed by atoms with Crippen LogP contribution >= 0.6 is 12.2 Å². The minimum absolute atomic E-state index is 0.601. The minimum atomic E-state index is 0.601.